The number of hydrogen-bond acceptors (Lipinski definition) is 5. The number of carbonyl (C=O) groups excluding carboxylic acids is 4. The molecule has 3 aliphatic rings. The van der Waals surface area contributed by atoms with Gasteiger partial charge in [0.15, 0.2) is 0 Å². The molecule has 1 aliphatic heterocycles. The summed E-state index contributed by atoms with van der Waals surface area (Å²) in [6.45, 7) is 0. The molecule has 1 heterocycles. The van der Waals surface area contributed by atoms with Gasteiger partial charge in [-0.05, 0) is 67.5 Å². The van der Waals surface area contributed by atoms with Crippen molar-refractivity contribution in [3.63, 3.8) is 0 Å². The van der Waals surface area contributed by atoms with Crippen LogP contribution in [-0.2, 0) is 9.59 Å². The Labute approximate surface area is 198 Å². The van der Waals surface area contributed by atoms with Gasteiger partial charge in [-0.25, -0.2) is 9.59 Å². The monoisotopic (exact) mass is 508 g/mol. The first kappa shape index (κ1) is 21.6. The summed E-state index contributed by atoms with van der Waals surface area (Å²) in [6.07, 6.45) is 5.31. The molecule has 2 aromatic carbocycles. The number of halogens is 1. The molecule has 2 saturated carbocycles. The van der Waals surface area contributed by atoms with Crippen molar-refractivity contribution in [1.29, 1.82) is 0 Å². The molecule has 2 bridgehead atoms. The first-order chi connectivity index (χ1) is 15.9. The van der Waals surface area contributed by atoms with E-state index in [2.05, 4.69) is 21.2 Å². The number of nitrogens with one attached hydrogen (secondary N) is 1. The average molecular weight is 509 g/mol. The number of para-hydroxylation sites is 1. The number of fused-ring (bicyclic) bond motifs is 2. The Morgan fingerprint density at radius 1 is 1.03 bits per heavy atom. The van der Waals surface area contributed by atoms with Gasteiger partial charge in [0.25, 0.3) is 11.8 Å². The second-order valence-electron chi connectivity index (χ2n) is 8.67. The quantitative estimate of drug-likeness (QED) is 0.287. The molecule has 7 nitrogen and oxygen atoms in total. The number of nitrogens with zero attached hydrogens (tertiary/aromatic N) is 1. The van der Waals surface area contributed by atoms with E-state index in [0.29, 0.717) is 23.0 Å². The van der Waals surface area contributed by atoms with E-state index >= 15 is 0 Å². The predicted molar refractivity (Wildman–Crippen MR) is 123 cm³/mol. The van der Waals surface area contributed by atoms with Crippen molar-refractivity contribution in [3.8, 4) is 5.75 Å². The molecular formula is C25H21BrN2O5. The topological polar surface area (TPSA) is 92.8 Å². The Hall–Kier alpha value is -3.26. The molecule has 0 spiro atoms. The van der Waals surface area contributed by atoms with E-state index in [1.165, 1.54) is 11.0 Å². The molecule has 1 N–H and O–H groups in total. The first-order valence-electron chi connectivity index (χ1n) is 10.9. The summed E-state index contributed by atoms with van der Waals surface area (Å²) in [4.78, 5) is 52.2. The number of hydrogen-bond donors (Lipinski definition) is 1. The molecule has 2 aromatic rings. The number of benzene rings is 2. The Balaban J connectivity index is 1.43. The standard InChI is InChI=1S/C25H21BrN2O5/c26-18-9-7-15(8-10-18)24(31)33-21-4-2-1-3-17(21)13-19-22(29)27-25(32)28(23(19)30)20-12-14-5-6-16(20)11-14/h1-4,7-10,13-14,16,20H,5-6,11-12H2,(H,27,29,32)/b19-13-/t14-,16-,20-/m0/s1. The van der Waals surface area contributed by atoms with Gasteiger partial charge in [-0.3, -0.25) is 19.8 Å². The van der Waals surface area contributed by atoms with Crippen molar-refractivity contribution in [1.82, 2.24) is 10.2 Å². The van der Waals surface area contributed by atoms with Crippen molar-refractivity contribution >= 4 is 45.8 Å². The highest BCUT2D eigenvalue weighted by molar-refractivity contribution is 9.10. The highest BCUT2D eigenvalue weighted by atomic mass is 79.9. The smallest absolute Gasteiger partial charge is 0.343 e. The van der Waals surface area contributed by atoms with Gasteiger partial charge in [-0.2, -0.15) is 0 Å². The fourth-order valence-electron chi connectivity index (χ4n) is 5.09. The number of urea groups is 1. The Morgan fingerprint density at radius 3 is 2.48 bits per heavy atom. The van der Waals surface area contributed by atoms with Crippen LogP contribution in [0.4, 0.5) is 4.79 Å². The Kier molecular flexibility index (Phi) is 5.62. The molecule has 3 fully saturated rings. The predicted octanol–water partition coefficient (Wildman–Crippen LogP) is 4.32. The zero-order chi connectivity index (χ0) is 23.1. The lowest BCUT2D eigenvalue weighted by molar-refractivity contribution is -0.132. The second kappa shape index (κ2) is 8.59. The number of imide groups is 2. The largest absolute Gasteiger partial charge is 0.422 e. The van der Waals surface area contributed by atoms with Crippen LogP contribution in [0.15, 0.2) is 58.6 Å². The van der Waals surface area contributed by atoms with Gasteiger partial charge >= 0.3 is 12.0 Å². The average Bonchev–Trinajstić information content (AvgIpc) is 3.42. The maximum Gasteiger partial charge on any atom is 0.343 e. The second-order valence-corrected chi connectivity index (χ2v) is 9.58. The van der Waals surface area contributed by atoms with Gasteiger partial charge in [-0.1, -0.05) is 40.5 Å². The van der Waals surface area contributed by atoms with Crippen molar-refractivity contribution in [3.05, 3.63) is 69.7 Å². The van der Waals surface area contributed by atoms with E-state index in [0.717, 1.165) is 30.2 Å². The molecular weight excluding hydrogens is 488 g/mol. The van der Waals surface area contributed by atoms with Crippen LogP contribution in [0, 0.1) is 11.8 Å². The van der Waals surface area contributed by atoms with E-state index in [-0.39, 0.29) is 17.4 Å². The van der Waals surface area contributed by atoms with Gasteiger partial charge in [0, 0.05) is 16.1 Å². The molecule has 0 unspecified atom stereocenters. The maximum absolute atomic E-state index is 13.3. The summed E-state index contributed by atoms with van der Waals surface area (Å²) in [5.41, 5.74) is 0.605. The van der Waals surface area contributed by atoms with Gasteiger partial charge in [-0.15, -0.1) is 0 Å². The molecule has 3 atom stereocenters. The number of barbiturate groups is 1. The summed E-state index contributed by atoms with van der Waals surface area (Å²) in [5.74, 6) is -0.884. The minimum absolute atomic E-state index is 0.149. The normalized spacial score (nSPS) is 25.5. The fraction of sp³-hybridized carbons (Fsp3) is 0.280. The van der Waals surface area contributed by atoms with Crippen LogP contribution in [0.1, 0.15) is 41.6 Å². The third-order valence-corrected chi connectivity index (χ3v) is 7.20. The molecule has 168 valence electrons. The SMILES string of the molecule is O=C1NC(=O)N([C@H]2C[C@H]3CC[C@H]2C3)C(=O)/C1=C\c1ccccc1OC(=O)c1ccc(Br)cc1. The molecule has 8 heteroatoms. The molecule has 2 aliphatic carbocycles. The zero-order valence-corrected chi connectivity index (χ0v) is 19.2. The van der Waals surface area contributed by atoms with Gasteiger partial charge in [0.1, 0.15) is 11.3 Å². The highest BCUT2D eigenvalue weighted by Gasteiger charge is 2.49. The summed E-state index contributed by atoms with van der Waals surface area (Å²) in [5, 5.41) is 2.30. The molecule has 0 aromatic heterocycles. The van der Waals surface area contributed by atoms with Gasteiger partial charge in [0.05, 0.1) is 5.56 Å². The third-order valence-electron chi connectivity index (χ3n) is 6.67. The molecule has 4 amide bonds. The van der Waals surface area contributed by atoms with Crippen LogP contribution in [-0.4, -0.2) is 34.8 Å². The van der Waals surface area contributed by atoms with E-state index in [1.807, 2.05) is 0 Å². The Bertz CT molecular complexity index is 1190. The van der Waals surface area contributed by atoms with E-state index in [1.54, 1.807) is 48.5 Å². The highest BCUT2D eigenvalue weighted by Crippen LogP contribution is 2.47. The molecule has 0 radical (unpaired) electrons. The van der Waals surface area contributed by atoms with Crippen molar-refractivity contribution in [2.24, 2.45) is 11.8 Å². The van der Waals surface area contributed by atoms with Crippen molar-refractivity contribution < 1.29 is 23.9 Å². The van der Waals surface area contributed by atoms with Crippen LogP contribution < -0.4 is 10.1 Å². The minimum atomic E-state index is -0.751. The maximum atomic E-state index is 13.3. The summed E-state index contributed by atoms with van der Waals surface area (Å²) >= 11 is 3.33. The summed E-state index contributed by atoms with van der Waals surface area (Å²) in [7, 11) is 0. The summed E-state index contributed by atoms with van der Waals surface area (Å²) < 4.78 is 6.38. The third kappa shape index (κ3) is 4.11. The van der Waals surface area contributed by atoms with Crippen molar-refractivity contribution in [2.45, 2.75) is 31.7 Å². The lowest BCUT2D eigenvalue weighted by Crippen LogP contribution is -2.58. The van der Waals surface area contributed by atoms with Crippen molar-refractivity contribution in [2.75, 3.05) is 0 Å². The van der Waals surface area contributed by atoms with Crippen LogP contribution >= 0.6 is 15.9 Å². The number of carbonyl (C=O) groups is 4. The number of rotatable bonds is 4. The van der Waals surface area contributed by atoms with Crippen LogP contribution in [0.25, 0.3) is 6.08 Å². The van der Waals surface area contributed by atoms with Gasteiger partial charge < -0.3 is 4.74 Å². The van der Waals surface area contributed by atoms with Gasteiger partial charge in [0.2, 0.25) is 0 Å². The lowest BCUT2D eigenvalue weighted by atomic mass is 9.93. The molecule has 1 saturated heterocycles. The minimum Gasteiger partial charge on any atom is -0.422 e. The Morgan fingerprint density at radius 2 is 1.79 bits per heavy atom. The first-order valence-corrected chi connectivity index (χ1v) is 11.7. The van der Waals surface area contributed by atoms with E-state index in [9.17, 15) is 19.2 Å². The number of amides is 4. The van der Waals surface area contributed by atoms with Crippen LogP contribution in [0.3, 0.4) is 0 Å². The van der Waals surface area contributed by atoms with Crippen LogP contribution in [0.5, 0.6) is 5.75 Å². The lowest BCUT2D eigenvalue weighted by Gasteiger charge is -2.35. The van der Waals surface area contributed by atoms with E-state index in [4.69, 9.17) is 4.74 Å². The number of ether oxygens (including phenoxy) is 1. The molecule has 33 heavy (non-hydrogen) atoms. The molecule has 5 rings (SSSR count). The summed E-state index contributed by atoms with van der Waals surface area (Å²) in [6, 6.07) is 12.5. The fourth-order valence-corrected chi connectivity index (χ4v) is 5.36. The van der Waals surface area contributed by atoms with E-state index < -0.39 is 23.8 Å². The number of esters is 1. The van der Waals surface area contributed by atoms with Crippen LogP contribution in [0.2, 0.25) is 0 Å². The zero-order valence-electron chi connectivity index (χ0n) is 17.6.